The van der Waals surface area contributed by atoms with Gasteiger partial charge in [0.15, 0.2) is 0 Å². The molecule has 0 rings (SSSR count). The van der Waals surface area contributed by atoms with Gasteiger partial charge in [0.05, 0.1) is 6.61 Å². The van der Waals surface area contributed by atoms with E-state index in [0.717, 1.165) is 30.8 Å². The number of hydrogen-bond donors (Lipinski definition) is 0. The fourth-order valence-electron chi connectivity index (χ4n) is 5.92. The first kappa shape index (κ1) is 31.3. The van der Waals surface area contributed by atoms with E-state index in [4.69, 9.17) is 9.16 Å². The van der Waals surface area contributed by atoms with Crippen molar-refractivity contribution in [1.29, 1.82) is 0 Å². The molecule has 0 saturated carbocycles. The summed E-state index contributed by atoms with van der Waals surface area (Å²) < 4.78 is 13.0. The quantitative estimate of drug-likeness (QED) is 0.113. The molecule has 0 aliphatic rings. The second-order valence-electron chi connectivity index (χ2n) is 11.7. The van der Waals surface area contributed by atoms with Crippen molar-refractivity contribution in [2.24, 2.45) is 0 Å². The predicted octanol–water partition coefficient (Wildman–Crippen LogP) is 9.84. The standard InChI is InChI=1S/C28H56O2Si2/c1-21(2)28(30-32(25(9)10,26(11)12)27(13)14)29-19-17-15-16-18-20-31(22(3)4,23(5)6)24(7)8/h22-27H,15-17,19H2,1-14H3. The maximum Gasteiger partial charge on any atom is 0.263 e. The molecular weight excluding hydrogens is 424 g/mol. The molecule has 0 aromatic carbocycles. The Hall–Kier alpha value is -0.666. The molecule has 0 bridgehead atoms. The highest BCUT2D eigenvalue weighted by Crippen LogP contribution is 2.44. The van der Waals surface area contributed by atoms with Crippen LogP contribution in [0.3, 0.4) is 0 Å². The summed E-state index contributed by atoms with van der Waals surface area (Å²) in [5, 5.41) is 0. The van der Waals surface area contributed by atoms with Crippen molar-refractivity contribution in [2.45, 2.75) is 149 Å². The molecule has 0 N–H and O–H groups in total. The summed E-state index contributed by atoms with van der Waals surface area (Å²) in [6.07, 6.45) is 3.08. The second kappa shape index (κ2) is 13.9. The number of ether oxygens (including phenoxy) is 1. The zero-order chi connectivity index (χ0) is 25.3. The van der Waals surface area contributed by atoms with E-state index >= 15 is 0 Å². The third kappa shape index (κ3) is 7.69. The molecule has 0 amide bonds. The molecule has 188 valence electrons. The van der Waals surface area contributed by atoms with Crippen LogP contribution in [0, 0.1) is 11.5 Å². The van der Waals surface area contributed by atoms with Crippen molar-refractivity contribution in [2.75, 3.05) is 6.61 Å². The number of allylic oxidation sites excluding steroid dienone is 1. The summed E-state index contributed by atoms with van der Waals surface area (Å²) in [4.78, 5) is 0. The average molecular weight is 481 g/mol. The summed E-state index contributed by atoms with van der Waals surface area (Å²) in [5.41, 5.74) is 8.71. The molecule has 0 aromatic heterocycles. The van der Waals surface area contributed by atoms with Crippen molar-refractivity contribution in [3.8, 4) is 11.5 Å². The third-order valence-electron chi connectivity index (χ3n) is 7.49. The van der Waals surface area contributed by atoms with Crippen molar-refractivity contribution in [3.63, 3.8) is 0 Å². The molecule has 0 heterocycles. The zero-order valence-electron chi connectivity index (χ0n) is 24.1. The SMILES string of the molecule is CC(C)=C(OCCCCC#C[Si](C(C)C)(C(C)C)C(C)C)O[Si](C(C)C)(C(C)C)C(C)C. The van der Waals surface area contributed by atoms with Crippen LogP contribution in [-0.2, 0) is 9.16 Å². The highest BCUT2D eigenvalue weighted by atomic mass is 28.4. The molecule has 0 aromatic rings. The molecule has 4 heteroatoms. The lowest BCUT2D eigenvalue weighted by molar-refractivity contribution is 0.0893. The van der Waals surface area contributed by atoms with Gasteiger partial charge in [-0.25, -0.2) is 0 Å². The minimum atomic E-state index is -1.99. The molecule has 0 fully saturated rings. The van der Waals surface area contributed by atoms with Crippen molar-refractivity contribution >= 4 is 16.4 Å². The van der Waals surface area contributed by atoms with Gasteiger partial charge in [0.1, 0.15) is 8.07 Å². The van der Waals surface area contributed by atoms with Crippen LogP contribution in [0.25, 0.3) is 0 Å². The first-order chi connectivity index (χ1) is 14.7. The topological polar surface area (TPSA) is 18.5 Å². The molecule has 0 atom stereocenters. The van der Waals surface area contributed by atoms with Crippen LogP contribution in [0.15, 0.2) is 11.5 Å². The van der Waals surface area contributed by atoms with E-state index in [1.807, 2.05) is 0 Å². The van der Waals surface area contributed by atoms with Crippen molar-refractivity contribution in [1.82, 2.24) is 0 Å². The van der Waals surface area contributed by atoms with Gasteiger partial charge in [-0.2, -0.15) is 0 Å². The third-order valence-corrected chi connectivity index (χ3v) is 19.8. The molecule has 0 unspecified atom stereocenters. The van der Waals surface area contributed by atoms with Gasteiger partial charge in [0.25, 0.3) is 14.3 Å². The molecule has 0 radical (unpaired) electrons. The minimum Gasteiger partial charge on any atom is -0.518 e. The van der Waals surface area contributed by atoms with E-state index in [0.29, 0.717) is 39.9 Å². The lowest BCUT2D eigenvalue weighted by atomic mass is 10.2. The fourth-order valence-corrected chi connectivity index (χ4v) is 16.5. The van der Waals surface area contributed by atoms with Gasteiger partial charge >= 0.3 is 0 Å². The largest absolute Gasteiger partial charge is 0.518 e. The van der Waals surface area contributed by atoms with Crippen LogP contribution in [0.1, 0.15) is 116 Å². The predicted molar refractivity (Wildman–Crippen MR) is 149 cm³/mol. The number of rotatable bonds is 13. The lowest BCUT2D eigenvalue weighted by Crippen LogP contribution is -2.47. The van der Waals surface area contributed by atoms with E-state index in [2.05, 4.69) is 108 Å². The van der Waals surface area contributed by atoms with Crippen LogP contribution >= 0.6 is 0 Å². The van der Waals surface area contributed by atoms with E-state index in [1.165, 1.54) is 0 Å². The molecule has 0 spiro atoms. The smallest absolute Gasteiger partial charge is 0.263 e. The summed E-state index contributed by atoms with van der Waals surface area (Å²) in [6, 6.07) is 0. The zero-order valence-corrected chi connectivity index (χ0v) is 26.1. The Morgan fingerprint density at radius 3 is 1.44 bits per heavy atom. The van der Waals surface area contributed by atoms with Gasteiger partial charge in [0.2, 0.25) is 0 Å². The summed E-state index contributed by atoms with van der Waals surface area (Å²) in [6.45, 7) is 33.1. The van der Waals surface area contributed by atoms with Gasteiger partial charge in [-0.1, -0.05) is 83.1 Å². The molecule has 0 saturated heterocycles. The van der Waals surface area contributed by atoms with E-state index in [-0.39, 0.29) is 0 Å². The van der Waals surface area contributed by atoms with Gasteiger partial charge in [-0.3, -0.25) is 0 Å². The first-order valence-electron chi connectivity index (χ1n) is 13.2. The average Bonchev–Trinajstić information content (AvgIpc) is 2.64. The fraction of sp³-hybridized carbons (Fsp3) is 0.857. The molecule has 32 heavy (non-hydrogen) atoms. The Morgan fingerprint density at radius 1 is 0.656 bits per heavy atom. The summed E-state index contributed by atoms with van der Waals surface area (Å²) >= 11 is 0. The Bertz CT molecular complexity index is 586. The highest BCUT2D eigenvalue weighted by molar-refractivity contribution is 6.90. The number of unbranched alkanes of at least 4 members (excludes halogenated alkanes) is 2. The maximum atomic E-state index is 6.81. The van der Waals surface area contributed by atoms with Crippen LogP contribution in [0.4, 0.5) is 0 Å². The summed E-state index contributed by atoms with van der Waals surface area (Å²) in [5.74, 6) is 4.37. The van der Waals surface area contributed by atoms with Crippen LogP contribution < -0.4 is 0 Å². The molecule has 0 aliphatic heterocycles. The Kier molecular flexibility index (Phi) is 13.6. The van der Waals surface area contributed by atoms with Gasteiger partial charge in [-0.05, 0) is 59.9 Å². The molecule has 2 nitrogen and oxygen atoms in total. The minimum absolute atomic E-state index is 0.544. The van der Waals surface area contributed by atoms with E-state index < -0.39 is 16.4 Å². The lowest BCUT2D eigenvalue weighted by Gasteiger charge is -2.42. The van der Waals surface area contributed by atoms with Crippen LogP contribution in [0.5, 0.6) is 0 Å². The van der Waals surface area contributed by atoms with Crippen LogP contribution in [-0.4, -0.2) is 23.0 Å². The first-order valence-corrected chi connectivity index (χ1v) is 17.5. The van der Waals surface area contributed by atoms with Gasteiger partial charge < -0.3 is 9.16 Å². The van der Waals surface area contributed by atoms with E-state index in [1.54, 1.807) is 0 Å². The van der Waals surface area contributed by atoms with Crippen molar-refractivity contribution in [3.05, 3.63) is 11.5 Å². The Labute approximate surface area is 204 Å². The van der Waals surface area contributed by atoms with Gasteiger partial charge in [0, 0.05) is 12.0 Å². The van der Waals surface area contributed by atoms with Gasteiger partial charge in [-0.15, -0.1) is 11.5 Å². The Morgan fingerprint density at radius 2 is 1.09 bits per heavy atom. The highest BCUT2D eigenvalue weighted by Gasteiger charge is 2.48. The Balaban J connectivity index is 5.05. The number of hydrogen-bond acceptors (Lipinski definition) is 2. The summed E-state index contributed by atoms with van der Waals surface area (Å²) in [7, 11) is -3.59. The van der Waals surface area contributed by atoms with Crippen molar-refractivity contribution < 1.29 is 9.16 Å². The molecule has 0 aliphatic carbocycles. The molecular formula is C28H56O2Si2. The van der Waals surface area contributed by atoms with E-state index in [9.17, 15) is 0 Å². The monoisotopic (exact) mass is 480 g/mol. The van der Waals surface area contributed by atoms with Crippen LogP contribution in [0.2, 0.25) is 33.2 Å². The maximum absolute atomic E-state index is 6.81. The normalized spacial score (nSPS) is 12.8. The second-order valence-corrected chi connectivity index (χ2v) is 22.7.